The molecule has 1 unspecified atom stereocenters. The number of aliphatic hydroxyl groups is 1. The van der Waals surface area contributed by atoms with Crippen LogP contribution in [-0.4, -0.2) is 29.5 Å². The lowest BCUT2D eigenvalue weighted by Crippen LogP contribution is -2.36. The molecule has 0 radical (unpaired) electrons. The third-order valence-electron chi connectivity index (χ3n) is 3.39. The van der Waals surface area contributed by atoms with E-state index in [-0.39, 0.29) is 6.61 Å². The van der Waals surface area contributed by atoms with Gasteiger partial charge in [0.25, 0.3) is 0 Å². The molecule has 0 aliphatic heterocycles. The summed E-state index contributed by atoms with van der Waals surface area (Å²) in [5, 5.41) is 9.40. The Bertz CT molecular complexity index is 495. The number of benzene rings is 1. The number of rotatable bonds is 9. The fraction of sp³-hybridized carbons (Fsp3) is 0.625. The van der Waals surface area contributed by atoms with E-state index in [4.69, 9.17) is 10.5 Å². The fourth-order valence-corrected chi connectivity index (χ4v) is 2.03. The standard InChI is InChI=1S/C16H22F5NO2/c1-14(22,23)9-2-4-12-5-7-13(8-6-12)24-11-3-10-15(17,18)16(19,20)21/h5-8,23H,2-4,9-11,22H2,1H3. The Balaban J connectivity index is 2.32. The molecule has 24 heavy (non-hydrogen) atoms. The van der Waals surface area contributed by atoms with Gasteiger partial charge in [-0.2, -0.15) is 22.0 Å². The number of ether oxygens (including phenoxy) is 1. The van der Waals surface area contributed by atoms with E-state index < -0.39 is 30.7 Å². The van der Waals surface area contributed by atoms with Crippen LogP contribution in [0, 0.1) is 0 Å². The second kappa shape index (κ2) is 8.11. The zero-order valence-corrected chi connectivity index (χ0v) is 13.4. The van der Waals surface area contributed by atoms with Gasteiger partial charge in [-0.15, -0.1) is 0 Å². The summed E-state index contributed by atoms with van der Waals surface area (Å²) < 4.78 is 66.5. The van der Waals surface area contributed by atoms with Crippen molar-refractivity contribution in [1.82, 2.24) is 0 Å². The van der Waals surface area contributed by atoms with Crippen LogP contribution in [0.5, 0.6) is 5.75 Å². The SMILES string of the molecule is CC(N)(O)CCCc1ccc(OCCCC(F)(F)C(F)(F)F)cc1. The summed E-state index contributed by atoms with van der Waals surface area (Å²) in [6, 6.07) is 6.78. The minimum atomic E-state index is -5.52. The van der Waals surface area contributed by atoms with Crippen LogP contribution in [0.3, 0.4) is 0 Å². The average Bonchev–Trinajstić information content (AvgIpc) is 2.42. The number of aryl methyl sites for hydroxylation is 1. The van der Waals surface area contributed by atoms with Crippen LogP contribution in [-0.2, 0) is 6.42 Å². The zero-order chi connectivity index (χ0) is 18.4. The van der Waals surface area contributed by atoms with E-state index >= 15 is 0 Å². The largest absolute Gasteiger partial charge is 0.494 e. The summed E-state index contributed by atoms with van der Waals surface area (Å²) in [5.74, 6) is -4.29. The molecule has 0 saturated carbocycles. The van der Waals surface area contributed by atoms with Crippen molar-refractivity contribution >= 4 is 0 Å². The molecule has 0 saturated heterocycles. The quantitative estimate of drug-likeness (QED) is 0.399. The van der Waals surface area contributed by atoms with Crippen LogP contribution in [0.15, 0.2) is 24.3 Å². The zero-order valence-electron chi connectivity index (χ0n) is 13.4. The molecule has 3 nitrogen and oxygen atoms in total. The molecule has 0 aliphatic rings. The minimum absolute atomic E-state index is 0.221. The summed E-state index contributed by atoms with van der Waals surface area (Å²) in [6.07, 6.45) is -5.39. The molecule has 0 aliphatic carbocycles. The second-order valence-corrected chi connectivity index (χ2v) is 6.01. The Morgan fingerprint density at radius 3 is 2.08 bits per heavy atom. The normalized spacial score (nSPS) is 15.2. The van der Waals surface area contributed by atoms with Gasteiger partial charge in [0.2, 0.25) is 0 Å². The Labute approximate surface area is 137 Å². The van der Waals surface area contributed by atoms with Gasteiger partial charge in [-0.25, -0.2) is 0 Å². The van der Waals surface area contributed by atoms with E-state index in [1.807, 2.05) is 0 Å². The van der Waals surface area contributed by atoms with Gasteiger partial charge in [-0.3, -0.25) is 0 Å². The van der Waals surface area contributed by atoms with Crippen molar-refractivity contribution in [1.29, 1.82) is 0 Å². The summed E-state index contributed by atoms with van der Waals surface area (Å²) in [4.78, 5) is 0. The second-order valence-electron chi connectivity index (χ2n) is 6.01. The van der Waals surface area contributed by atoms with Crippen molar-refractivity contribution in [2.45, 2.75) is 56.9 Å². The molecule has 138 valence electrons. The van der Waals surface area contributed by atoms with Gasteiger partial charge in [-0.1, -0.05) is 12.1 Å². The minimum Gasteiger partial charge on any atom is -0.494 e. The van der Waals surface area contributed by atoms with Crippen LogP contribution in [0.2, 0.25) is 0 Å². The molecule has 0 amide bonds. The first-order valence-corrected chi connectivity index (χ1v) is 7.58. The van der Waals surface area contributed by atoms with Crippen LogP contribution in [0.4, 0.5) is 22.0 Å². The van der Waals surface area contributed by atoms with Gasteiger partial charge in [0, 0.05) is 6.42 Å². The Hall–Kier alpha value is -1.41. The molecule has 0 spiro atoms. The smallest absolute Gasteiger partial charge is 0.453 e. The van der Waals surface area contributed by atoms with Crippen LogP contribution in [0.1, 0.15) is 38.2 Å². The molecule has 0 bridgehead atoms. The van der Waals surface area contributed by atoms with Crippen molar-refractivity contribution in [3.05, 3.63) is 29.8 Å². The lowest BCUT2D eigenvalue weighted by atomic mass is 10.0. The molecule has 1 rings (SSSR count). The Morgan fingerprint density at radius 2 is 1.58 bits per heavy atom. The maximum absolute atomic E-state index is 12.7. The highest BCUT2D eigenvalue weighted by Crippen LogP contribution is 2.38. The number of alkyl halides is 5. The Kier molecular flexibility index (Phi) is 6.97. The maximum atomic E-state index is 12.7. The van der Waals surface area contributed by atoms with E-state index in [1.165, 1.54) is 6.92 Å². The summed E-state index contributed by atoms with van der Waals surface area (Å²) in [7, 11) is 0. The van der Waals surface area contributed by atoms with Gasteiger partial charge < -0.3 is 15.6 Å². The highest BCUT2D eigenvalue weighted by Gasteiger charge is 2.56. The van der Waals surface area contributed by atoms with Crippen LogP contribution < -0.4 is 10.5 Å². The first-order valence-electron chi connectivity index (χ1n) is 7.58. The molecular formula is C16H22F5NO2. The maximum Gasteiger partial charge on any atom is 0.453 e. The van der Waals surface area contributed by atoms with Crippen LogP contribution >= 0.6 is 0 Å². The van der Waals surface area contributed by atoms with Crippen molar-refractivity contribution in [2.24, 2.45) is 5.73 Å². The van der Waals surface area contributed by atoms with Crippen molar-refractivity contribution in [2.75, 3.05) is 6.61 Å². The lowest BCUT2D eigenvalue weighted by molar-refractivity contribution is -0.284. The van der Waals surface area contributed by atoms with Crippen LogP contribution in [0.25, 0.3) is 0 Å². The van der Waals surface area contributed by atoms with E-state index in [1.54, 1.807) is 24.3 Å². The van der Waals surface area contributed by atoms with E-state index in [9.17, 15) is 27.1 Å². The predicted molar refractivity (Wildman–Crippen MR) is 79.9 cm³/mol. The fourth-order valence-electron chi connectivity index (χ4n) is 2.03. The summed E-state index contributed by atoms with van der Waals surface area (Å²) >= 11 is 0. The van der Waals surface area contributed by atoms with Crippen molar-refractivity contribution in [3.8, 4) is 5.75 Å². The molecule has 3 N–H and O–H groups in total. The average molecular weight is 355 g/mol. The molecule has 1 aromatic carbocycles. The molecule has 1 aromatic rings. The molecule has 0 heterocycles. The third-order valence-corrected chi connectivity index (χ3v) is 3.39. The van der Waals surface area contributed by atoms with Gasteiger partial charge >= 0.3 is 12.1 Å². The summed E-state index contributed by atoms with van der Waals surface area (Å²) in [5.41, 5.74) is 5.24. The molecule has 0 fully saturated rings. The van der Waals surface area contributed by atoms with Gasteiger partial charge in [0.05, 0.1) is 6.61 Å². The van der Waals surface area contributed by atoms with Gasteiger partial charge in [0.1, 0.15) is 11.5 Å². The van der Waals surface area contributed by atoms with Crippen molar-refractivity contribution in [3.63, 3.8) is 0 Å². The van der Waals surface area contributed by atoms with E-state index in [0.29, 0.717) is 25.0 Å². The highest BCUT2D eigenvalue weighted by atomic mass is 19.4. The third kappa shape index (κ3) is 7.44. The first kappa shape index (κ1) is 20.6. The monoisotopic (exact) mass is 355 g/mol. The van der Waals surface area contributed by atoms with Crippen molar-refractivity contribution < 1.29 is 31.8 Å². The first-order chi connectivity index (χ1) is 10.9. The topological polar surface area (TPSA) is 55.5 Å². The summed E-state index contributed by atoms with van der Waals surface area (Å²) in [6.45, 7) is 1.30. The van der Waals surface area contributed by atoms with E-state index in [0.717, 1.165) is 5.56 Å². The van der Waals surface area contributed by atoms with Gasteiger partial charge in [-0.05, 0) is 50.3 Å². The Morgan fingerprint density at radius 1 is 1.00 bits per heavy atom. The number of nitrogens with two attached hydrogens (primary N) is 1. The number of halogens is 5. The molecular weight excluding hydrogens is 333 g/mol. The molecule has 0 aromatic heterocycles. The van der Waals surface area contributed by atoms with Gasteiger partial charge in [0.15, 0.2) is 0 Å². The number of hydrogen-bond acceptors (Lipinski definition) is 3. The highest BCUT2D eigenvalue weighted by molar-refractivity contribution is 5.27. The number of hydrogen-bond donors (Lipinski definition) is 2. The lowest BCUT2D eigenvalue weighted by Gasteiger charge is -2.19. The predicted octanol–water partition coefficient (Wildman–Crippen LogP) is 4.03. The molecule has 1 atom stereocenters. The van der Waals surface area contributed by atoms with E-state index in [2.05, 4.69) is 0 Å². The molecule has 8 heteroatoms.